The van der Waals surface area contributed by atoms with E-state index < -0.39 is 0 Å². The summed E-state index contributed by atoms with van der Waals surface area (Å²) in [4.78, 5) is 45.7. The first-order chi connectivity index (χ1) is 15.0. The van der Waals surface area contributed by atoms with Crippen LogP contribution in [0.25, 0.3) is 0 Å². The number of likely N-dealkylation sites (tertiary alicyclic amines) is 2. The molecular weight excluding hydrogens is 399 g/mol. The molecule has 1 aromatic carbocycles. The van der Waals surface area contributed by atoms with Crippen molar-refractivity contribution < 1.29 is 18.8 Å². The van der Waals surface area contributed by atoms with Gasteiger partial charge in [0.15, 0.2) is 0 Å². The van der Waals surface area contributed by atoms with Gasteiger partial charge in [0.1, 0.15) is 5.82 Å². The maximum absolute atomic E-state index is 13.1. The van der Waals surface area contributed by atoms with Gasteiger partial charge in [-0.3, -0.25) is 9.59 Å². The Balaban J connectivity index is 1.23. The number of benzene rings is 1. The van der Waals surface area contributed by atoms with Crippen molar-refractivity contribution in [2.75, 3.05) is 52.4 Å². The van der Waals surface area contributed by atoms with Crippen LogP contribution in [0.15, 0.2) is 24.3 Å². The average molecular weight is 431 g/mol. The van der Waals surface area contributed by atoms with Crippen molar-refractivity contribution in [3.05, 3.63) is 35.6 Å². The van der Waals surface area contributed by atoms with Gasteiger partial charge in [0, 0.05) is 63.8 Å². The van der Waals surface area contributed by atoms with E-state index in [0.29, 0.717) is 57.7 Å². The van der Waals surface area contributed by atoms with Gasteiger partial charge in [0.2, 0.25) is 5.91 Å². The number of hydrogen-bond donors (Lipinski definition) is 0. The molecule has 0 aliphatic carbocycles. The summed E-state index contributed by atoms with van der Waals surface area (Å²) in [6, 6.07) is 5.69. The molecule has 0 bridgehead atoms. The van der Waals surface area contributed by atoms with E-state index in [1.807, 2.05) is 14.7 Å². The molecule has 8 heteroatoms. The van der Waals surface area contributed by atoms with Crippen LogP contribution in [0.5, 0.6) is 0 Å². The second-order valence-electron chi connectivity index (χ2n) is 8.72. The molecule has 0 spiro atoms. The second-order valence-corrected chi connectivity index (χ2v) is 8.72. The maximum atomic E-state index is 13.1. The molecule has 7 nitrogen and oxygen atoms in total. The molecule has 4 amide bonds. The highest BCUT2D eigenvalue weighted by Gasteiger charge is 2.33. The normalized spacial score (nSPS) is 20.7. The van der Waals surface area contributed by atoms with Crippen LogP contribution in [-0.2, 0) is 4.79 Å². The molecule has 31 heavy (non-hydrogen) atoms. The number of carbonyl (C=O) groups is 3. The smallest absolute Gasteiger partial charge is 0.320 e. The zero-order valence-electron chi connectivity index (χ0n) is 18.0. The maximum Gasteiger partial charge on any atom is 0.320 e. The fraction of sp³-hybridized carbons (Fsp3) is 0.609. The number of hydrogen-bond acceptors (Lipinski definition) is 3. The summed E-state index contributed by atoms with van der Waals surface area (Å²) in [6.45, 7) is 5.06. The molecule has 0 unspecified atom stereocenters. The van der Waals surface area contributed by atoms with Gasteiger partial charge in [-0.1, -0.05) is 0 Å². The summed E-state index contributed by atoms with van der Waals surface area (Å²) in [5, 5.41) is 0. The Morgan fingerprint density at radius 3 is 1.84 bits per heavy atom. The largest absolute Gasteiger partial charge is 0.339 e. The van der Waals surface area contributed by atoms with E-state index in [1.165, 1.54) is 30.7 Å². The summed E-state index contributed by atoms with van der Waals surface area (Å²) in [7, 11) is 0. The Morgan fingerprint density at radius 2 is 1.23 bits per heavy atom. The van der Waals surface area contributed by atoms with Gasteiger partial charge in [-0.2, -0.15) is 0 Å². The number of amides is 4. The van der Waals surface area contributed by atoms with Gasteiger partial charge in [-0.05, 0) is 56.4 Å². The summed E-state index contributed by atoms with van der Waals surface area (Å²) >= 11 is 0. The lowest BCUT2D eigenvalue weighted by Gasteiger charge is -2.40. The van der Waals surface area contributed by atoms with Crippen molar-refractivity contribution in [2.24, 2.45) is 5.92 Å². The number of halogens is 1. The number of piperazine rings is 1. The van der Waals surface area contributed by atoms with Crippen LogP contribution < -0.4 is 0 Å². The van der Waals surface area contributed by atoms with Gasteiger partial charge in [-0.25, -0.2) is 9.18 Å². The van der Waals surface area contributed by atoms with Crippen molar-refractivity contribution in [1.82, 2.24) is 19.6 Å². The van der Waals surface area contributed by atoms with Crippen molar-refractivity contribution in [3.63, 3.8) is 0 Å². The molecule has 0 saturated carbocycles. The predicted octanol–water partition coefficient (Wildman–Crippen LogP) is 2.43. The van der Waals surface area contributed by atoms with Crippen LogP contribution in [0.3, 0.4) is 0 Å². The van der Waals surface area contributed by atoms with Gasteiger partial charge in [0.25, 0.3) is 5.91 Å². The van der Waals surface area contributed by atoms with Crippen LogP contribution in [0.1, 0.15) is 42.5 Å². The fourth-order valence-electron chi connectivity index (χ4n) is 4.77. The van der Waals surface area contributed by atoms with Gasteiger partial charge >= 0.3 is 6.03 Å². The Labute approximate surface area is 182 Å². The SMILES string of the molecule is O=C(c1ccc(F)cc1)N1CCC(C(=O)N2CCN(C(=O)N3CCCCC3)CC2)CC1. The summed E-state index contributed by atoms with van der Waals surface area (Å²) in [5.74, 6) is -0.421. The first-order valence-corrected chi connectivity index (χ1v) is 11.4. The third-order valence-corrected chi connectivity index (χ3v) is 6.71. The molecule has 0 aromatic heterocycles. The zero-order chi connectivity index (χ0) is 21.8. The Kier molecular flexibility index (Phi) is 6.73. The highest BCUT2D eigenvalue weighted by atomic mass is 19.1. The molecule has 3 aliphatic rings. The molecule has 1 aromatic rings. The predicted molar refractivity (Wildman–Crippen MR) is 114 cm³/mol. The molecule has 3 saturated heterocycles. The van der Waals surface area contributed by atoms with Crippen molar-refractivity contribution >= 4 is 17.8 Å². The van der Waals surface area contributed by atoms with Crippen LogP contribution >= 0.6 is 0 Å². The lowest BCUT2D eigenvalue weighted by molar-refractivity contribution is -0.138. The Hall–Kier alpha value is -2.64. The quantitative estimate of drug-likeness (QED) is 0.724. The lowest BCUT2D eigenvalue weighted by atomic mass is 9.94. The van der Waals surface area contributed by atoms with Crippen LogP contribution in [0.4, 0.5) is 9.18 Å². The molecular formula is C23H31FN4O3. The molecule has 4 rings (SSSR count). The molecule has 3 fully saturated rings. The monoisotopic (exact) mass is 430 g/mol. The summed E-state index contributed by atoms with van der Waals surface area (Å²) in [6.07, 6.45) is 4.62. The summed E-state index contributed by atoms with van der Waals surface area (Å²) < 4.78 is 13.1. The first-order valence-electron chi connectivity index (χ1n) is 11.4. The van der Waals surface area contributed by atoms with Crippen molar-refractivity contribution in [1.29, 1.82) is 0 Å². The zero-order valence-corrected chi connectivity index (χ0v) is 18.0. The fourth-order valence-corrected chi connectivity index (χ4v) is 4.77. The first kappa shape index (κ1) is 21.6. The number of carbonyl (C=O) groups excluding carboxylic acids is 3. The summed E-state index contributed by atoms with van der Waals surface area (Å²) in [5.41, 5.74) is 0.473. The van der Waals surface area contributed by atoms with Crippen LogP contribution in [0.2, 0.25) is 0 Å². The highest BCUT2D eigenvalue weighted by molar-refractivity contribution is 5.94. The molecule has 3 heterocycles. The van der Waals surface area contributed by atoms with Gasteiger partial charge < -0.3 is 19.6 Å². The average Bonchev–Trinajstić information content (AvgIpc) is 2.84. The number of rotatable bonds is 2. The molecule has 0 atom stereocenters. The van der Waals surface area contributed by atoms with Gasteiger partial charge in [0.05, 0.1) is 0 Å². The Morgan fingerprint density at radius 1 is 0.677 bits per heavy atom. The van der Waals surface area contributed by atoms with E-state index in [4.69, 9.17) is 0 Å². The van der Waals surface area contributed by atoms with Crippen molar-refractivity contribution in [2.45, 2.75) is 32.1 Å². The molecule has 3 aliphatic heterocycles. The third-order valence-electron chi connectivity index (χ3n) is 6.71. The molecule has 168 valence electrons. The molecule has 0 radical (unpaired) electrons. The van der Waals surface area contributed by atoms with E-state index >= 15 is 0 Å². The molecule has 0 N–H and O–H groups in total. The van der Waals surface area contributed by atoms with E-state index in [0.717, 1.165) is 25.9 Å². The standard InChI is InChI=1S/C23H31FN4O3/c24-20-6-4-18(5-7-20)21(29)25-12-8-19(9-13-25)22(30)26-14-16-28(17-15-26)23(31)27-10-2-1-3-11-27/h4-7,19H,1-3,8-17H2. The highest BCUT2D eigenvalue weighted by Crippen LogP contribution is 2.22. The minimum atomic E-state index is -0.362. The Bertz CT molecular complexity index is 794. The lowest BCUT2D eigenvalue weighted by Crippen LogP contribution is -2.56. The van der Waals surface area contributed by atoms with Crippen LogP contribution in [0, 0.1) is 11.7 Å². The minimum Gasteiger partial charge on any atom is -0.339 e. The minimum absolute atomic E-state index is 0.0818. The van der Waals surface area contributed by atoms with E-state index in [2.05, 4.69) is 0 Å². The van der Waals surface area contributed by atoms with E-state index in [-0.39, 0.29) is 29.6 Å². The third kappa shape index (κ3) is 4.99. The van der Waals surface area contributed by atoms with Crippen LogP contribution in [-0.4, -0.2) is 89.8 Å². The second kappa shape index (κ2) is 9.66. The van der Waals surface area contributed by atoms with Crippen molar-refractivity contribution in [3.8, 4) is 0 Å². The number of nitrogens with zero attached hydrogens (tertiary/aromatic N) is 4. The number of urea groups is 1. The topological polar surface area (TPSA) is 64.2 Å². The number of piperidine rings is 2. The van der Waals surface area contributed by atoms with E-state index in [1.54, 1.807) is 4.90 Å². The van der Waals surface area contributed by atoms with Gasteiger partial charge in [-0.15, -0.1) is 0 Å². The van der Waals surface area contributed by atoms with E-state index in [9.17, 15) is 18.8 Å².